The van der Waals surface area contributed by atoms with Gasteiger partial charge in [0.05, 0.1) is 30.4 Å². The molecule has 0 amide bonds. The van der Waals surface area contributed by atoms with Crippen molar-refractivity contribution in [2.24, 2.45) is 5.73 Å². The standard InChI is InChI=1S/C16H21N3O/c1-2-20-14-8-13(9-14)19-11-18-10-15(19)16(17)12-6-4-3-5-7-12/h3-7,10-11,13-14,16H,2,8-9,17H2,1H3. The maximum absolute atomic E-state index is 6.38. The highest BCUT2D eigenvalue weighted by atomic mass is 16.5. The second kappa shape index (κ2) is 5.77. The molecule has 2 aromatic rings. The summed E-state index contributed by atoms with van der Waals surface area (Å²) in [5, 5.41) is 0. The Hall–Kier alpha value is -1.65. The van der Waals surface area contributed by atoms with Gasteiger partial charge in [0.1, 0.15) is 0 Å². The van der Waals surface area contributed by atoms with Crippen molar-refractivity contribution in [3.63, 3.8) is 0 Å². The SMILES string of the molecule is CCOC1CC(n2cncc2C(N)c2ccccc2)C1. The molecular formula is C16H21N3O. The van der Waals surface area contributed by atoms with E-state index in [4.69, 9.17) is 10.5 Å². The number of nitrogens with zero attached hydrogens (tertiary/aromatic N) is 2. The van der Waals surface area contributed by atoms with E-state index in [2.05, 4.69) is 21.7 Å². The summed E-state index contributed by atoms with van der Waals surface area (Å²) in [5.74, 6) is 0. The van der Waals surface area contributed by atoms with Gasteiger partial charge < -0.3 is 15.0 Å². The van der Waals surface area contributed by atoms with Crippen LogP contribution in [0.5, 0.6) is 0 Å². The molecule has 1 aliphatic carbocycles. The topological polar surface area (TPSA) is 53.1 Å². The van der Waals surface area contributed by atoms with E-state index in [1.807, 2.05) is 37.6 Å². The van der Waals surface area contributed by atoms with Crippen LogP contribution in [0.4, 0.5) is 0 Å². The van der Waals surface area contributed by atoms with Crippen LogP contribution in [0.2, 0.25) is 0 Å². The van der Waals surface area contributed by atoms with Gasteiger partial charge in [-0.05, 0) is 25.3 Å². The molecule has 1 fully saturated rings. The molecule has 2 N–H and O–H groups in total. The summed E-state index contributed by atoms with van der Waals surface area (Å²) in [7, 11) is 0. The average Bonchev–Trinajstić information content (AvgIpc) is 2.91. The van der Waals surface area contributed by atoms with Crippen molar-refractivity contribution in [3.8, 4) is 0 Å². The fourth-order valence-electron chi connectivity index (χ4n) is 2.83. The van der Waals surface area contributed by atoms with Crippen molar-refractivity contribution in [1.29, 1.82) is 0 Å². The van der Waals surface area contributed by atoms with Gasteiger partial charge >= 0.3 is 0 Å². The smallest absolute Gasteiger partial charge is 0.0951 e. The monoisotopic (exact) mass is 271 g/mol. The van der Waals surface area contributed by atoms with Crippen LogP contribution in [0.1, 0.15) is 43.1 Å². The number of hydrogen-bond donors (Lipinski definition) is 1. The molecule has 20 heavy (non-hydrogen) atoms. The molecule has 1 aromatic carbocycles. The van der Waals surface area contributed by atoms with Gasteiger partial charge in [-0.1, -0.05) is 30.3 Å². The Labute approximate surface area is 119 Å². The first kappa shape index (κ1) is 13.3. The lowest BCUT2D eigenvalue weighted by Gasteiger charge is -2.37. The summed E-state index contributed by atoms with van der Waals surface area (Å²) in [5.41, 5.74) is 8.58. The average molecular weight is 271 g/mol. The van der Waals surface area contributed by atoms with Crippen LogP contribution in [0, 0.1) is 0 Å². The van der Waals surface area contributed by atoms with Crippen molar-refractivity contribution in [3.05, 3.63) is 54.1 Å². The number of nitrogens with two attached hydrogens (primary N) is 1. The first-order valence-corrected chi connectivity index (χ1v) is 7.23. The number of benzene rings is 1. The van der Waals surface area contributed by atoms with Gasteiger partial charge in [-0.3, -0.25) is 0 Å². The first-order chi connectivity index (χ1) is 9.79. The molecule has 4 nitrogen and oxygen atoms in total. The van der Waals surface area contributed by atoms with Crippen LogP contribution < -0.4 is 5.73 Å². The van der Waals surface area contributed by atoms with Gasteiger partial charge in [-0.2, -0.15) is 0 Å². The second-order valence-electron chi connectivity index (χ2n) is 5.32. The second-order valence-corrected chi connectivity index (χ2v) is 5.32. The quantitative estimate of drug-likeness (QED) is 0.909. The minimum atomic E-state index is -0.121. The van der Waals surface area contributed by atoms with Gasteiger partial charge in [0.15, 0.2) is 0 Å². The fourth-order valence-corrected chi connectivity index (χ4v) is 2.83. The van der Waals surface area contributed by atoms with Crippen LogP contribution in [0.15, 0.2) is 42.9 Å². The largest absolute Gasteiger partial charge is 0.378 e. The van der Waals surface area contributed by atoms with Crippen LogP contribution in [-0.2, 0) is 4.74 Å². The molecule has 1 unspecified atom stereocenters. The molecule has 0 spiro atoms. The van der Waals surface area contributed by atoms with E-state index in [1.54, 1.807) is 0 Å². The molecular weight excluding hydrogens is 250 g/mol. The van der Waals surface area contributed by atoms with Crippen LogP contribution in [-0.4, -0.2) is 22.3 Å². The van der Waals surface area contributed by atoms with Crippen LogP contribution in [0.25, 0.3) is 0 Å². The van der Waals surface area contributed by atoms with E-state index in [0.717, 1.165) is 30.7 Å². The Morgan fingerprint density at radius 2 is 2.10 bits per heavy atom. The molecule has 1 aliphatic rings. The van der Waals surface area contributed by atoms with E-state index in [1.165, 1.54) is 0 Å². The highest BCUT2D eigenvalue weighted by Crippen LogP contribution is 2.36. The molecule has 1 atom stereocenters. The van der Waals surface area contributed by atoms with Crippen molar-refractivity contribution >= 4 is 0 Å². The zero-order valence-electron chi connectivity index (χ0n) is 11.8. The summed E-state index contributed by atoms with van der Waals surface area (Å²) in [4.78, 5) is 4.28. The molecule has 0 aliphatic heterocycles. The Morgan fingerprint density at radius 1 is 1.35 bits per heavy atom. The highest BCUT2D eigenvalue weighted by Gasteiger charge is 2.32. The molecule has 4 heteroatoms. The van der Waals surface area contributed by atoms with Crippen molar-refractivity contribution < 1.29 is 4.74 Å². The Morgan fingerprint density at radius 3 is 2.80 bits per heavy atom. The zero-order chi connectivity index (χ0) is 13.9. The predicted molar refractivity (Wildman–Crippen MR) is 78.4 cm³/mol. The van der Waals surface area contributed by atoms with Gasteiger partial charge in [-0.15, -0.1) is 0 Å². The number of aromatic nitrogens is 2. The Kier molecular flexibility index (Phi) is 3.85. The lowest BCUT2D eigenvalue weighted by Crippen LogP contribution is -2.34. The van der Waals surface area contributed by atoms with Gasteiger partial charge in [-0.25, -0.2) is 4.98 Å². The Balaban J connectivity index is 1.75. The zero-order valence-corrected chi connectivity index (χ0v) is 11.8. The summed E-state index contributed by atoms with van der Waals surface area (Å²) < 4.78 is 7.84. The van der Waals surface area contributed by atoms with Crippen LogP contribution >= 0.6 is 0 Å². The third-order valence-electron chi connectivity index (χ3n) is 4.04. The van der Waals surface area contributed by atoms with E-state index in [9.17, 15) is 0 Å². The molecule has 0 bridgehead atoms. The lowest BCUT2D eigenvalue weighted by atomic mass is 9.88. The maximum atomic E-state index is 6.38. The van der Waals surface area contributed by atoms with Crippen molar-refractivity contribution in [1.82, 2.24) is 9.55 Å². The normalized spacial score (nSPS) is 23.3. The van der Waals surface area contributed by atoms with Crippen molar-refractivity contribution in [2.75, 3.05) is 6.61 Å². The summed E-state index contributed by atoms with van der Waals surface area (Å²) in [6.07, 6.45) is 6.28. The van der Waals surface area contributed by atoms with Crippen LogP contribution in [0.3, 0.4) is 0 Å². The summed E-state index contributed by atoms with van der Waals surface area (Å²) >= 11 is 0. The minimum absolute atomic E-state index is 0.121. The van der Waals surface area contributed by atoms with Gasteiger partial charge in [0, 0.05) is 12.6 Å². The molecule has 1 heterocycles. The highest BCUT2D eigenvalue weighted by molar-refractivity contribution is 5.27. The minimum Gasteiger partial charge on any atom is -0.378 e. The van der Waals surface area contributed by atoms with Gasteiger partial charge in [0.25, 0.3) is 0 Å². The van der Waals surface area contributed by atoms with E-state index < -0.39 is 0 Å². The molecule has 0 radical (unpaired) electrons. The van der Waals surface area contributed by atoms with E-state index >= 15 is 0 Å². The molecule has 0 saturated heterocycles. The number of rotatable bonds is 5. The Bertz CT molecular complexity index is 546. The fraction of sp³-hybridized carbons (Fsp3) is 0.438. The number of hydrogen-bond acceptors (Lipinski definition) is 3. The molecule has 3 rings (SSSR count). The number of imidazole rings is 1. The van der Waals surface area contributed by atoms with E-state index in [-0.39, 0.29) is 6.04 Å². The van der Waals surface area contributed by atoms with E-state index in [0.29, 0.717) is 12.1 Å². The lowest BCUT2D eigenvalue weighted by molar-refractivity contribution is -0.0204. The predicted octanol–water partition coefficient (Wildman–Crippen LogP) is 2.67. The first-order valence-electron chi connectivity index (χ1n) is 7.23. The third kappa shape index (κ3) is 2.49. The van der Waals surface area contributed by atoms with Crippen molar-refractivity contribution in [2.45, 2.75) is 38.0 Å². The van der Waals surface area contributed by atoms with Gasteiger partial charge in [0.2, 0.25) is 0 Å². The molecule has 1 saturated carbocycles. The summed E-state index contributed by atoms with van der Waals surface area (Å²) in [6, 6.07) is 10.5. The summed E-state index contributed by atoms with van der Waals surface area (Å²) in [6.45, 7) is 2.83. The molecule has 106 valence electrons. The maximum Gasteiger partial charge on any atom is 0.0951 e. The third-order valence-corrected chi connectivity index (χ3v) is 4.04. The number of ether oxygens (including phenoxy) is 1. The molecule has 1 aromatic heterocycles.